The van der Waals surface area contributed by atoms with E-state index in [4.69, 9.17) is 9.47 Å². The van der Waals surface area contributed by atoms with Crippen molar-refractivity contribution >= 4 is 19.9 Å². The number of sulfone groups is 1. The van der Waals surface area contributed by atoms with E-state index in [-0.39, 0.29) is 36.9 Å². The molecular formula is C27H39NO6S2. The first kappa shape index (κ1) is 29.9. The van der Waals surface area contributed by atoms with E-state index in [2.05, 4.69) is 6.58 Å². The lowest BCUT2D eigenvalue weighted by Gasteiger charge is -2.28. The van der Waals surface area contributed by atoms with Gasteiger partial charge in [-0.2, -0.15) is 4.31 Å². The number of methoxy groups -OCH3 is 2. The summed E-state index contributed by atoms with van der Waals surface area (Å²) in [6, 6.07) is 14.5. The molecule has 0 bridgehead atoms. The molecule has 1 atom stereocenters. The van der Waals surface area contributed by atoms with Gasteiger partial charge in [0, 0.05) is 13.1 Å². The highest BCUT2D eigenvalue weighted by atomic mass is 32.2. The predicted octanol–water partition coefficient (Wildman–Crippen LogP) is 4.83. The first-order valence-corrected chi connectivity index (χ1v) is 15.4. The normalized spacial score (nSPS) is 13.1. The quantitative estimate of drug-likeness (QED) is 0.285. The van der Waals surface area contributed by atoms with E-state index in [0.29, 0.717) is 24.3 Å². The summed E-state index contributed by atoms with van der Waals surface area (Å²) >= 11 is 0. The van der Waals surface area contributed by atoms with Crippen molar-refractivity contribution in [3.8, 4) is 11.5 Å². The molecule has 0 aliphatic rings. The fraction of sp³-hybridized carbons (Fsp3) is 0.481. The molecule has 36 heavy (non-hydrogen) atoms. The van der Waals surface area contributed by atoms with Crippen LogP contribution >= 0.6 is 0 Å². The van der Waals surface area contributed by atoms with Crippen molar-refractivity contribution in [3.05, 3.63) is 72.3 Å². The molecule has 9 heteroatoms. The van der Waals surface area contributed by atoms with Crippen LogP contribution in [0.25, 0.3) is 0 Å². The summed E-state index contributed by atoms with van der Waals surface area (Å²) in [5.41, 5.74) is 1.62. The highest BCUT2D eigenvalue weighted by Crippen LogP contribution is 2.25. The molecule has 0 heterocycles. The predicted molar refractivity (Wildman–Crippen MR) is 145 cm³/mol. The number of benzene rings is 2. The highest BCUT2D eigenvalue weighted by Gasteiger charge is 2.33. The average molecular weight is 538 g/mol. The minimum absolute atomic E-state index is 0.0140. The van der Waals surface area contributed by atoms with E-state index < -0.39 is 25.1 Å². The highest BCUT2D eigenvalue weighted by molar-refractivity contribution is 7.91. The standard InChI is InChI=1S/C27H39NO6S2/c1-6-7-8-27(17-18-35(29,30)21-22(2)3)36(31,32)28(19-23-9-13-25(33-4)14-10-23)20-24-11-15-26(34-5)16-12-24/h6,9-16,22,27H,1,7-8,17-21H2,2-5H3/t27-/m0/s1. The molecule has 0 aliphatic carbocycles. The fourth-order valence-electron chi connectivity index (χ4n) is 3.96. The van der Waals surface area contributed by atoms with Crippen LogP contribution in [0.3, 0.4) is 0 Å². The third-order valence-electron chi connectivity index (χ3n) is 5.85. The Labute approximate surface area is 217 Å². The van der Waals surface area contributed by atoms with E-state index in [1.165, 1.54) is 4.31 Å². The minimum Gasteiger partial charge on any atom is -0.497 e. The number of hydrogen-bond acceptors (Lipinski definition) is 6. The van der Waals surface area contributed by atoms with Crippen LogP contribution < -0.4 is 9.47 Å². The smallest absolute Gasteiger partial charge is 0.217 e. The number of sulfonamides is 1. The Morgan fingerprint density at radius 3 is 1.69 bits per heavy atom. The summed E-state index contributed by atoms with van der Waals surface area (Å²) in [6.45, 7) is 7.72. The van der Waals surface area contributed by atoms with E-state index in [1.807, 2.05) is 38.1 Å². The second-order valence-corrected chi connectivity index (χ2v) is 13.7. The minimum atomic E-state index is -3.86. The molecule has 2 aromatic carbocycles. The number of hydrogen-bond donors (Lipinski definition) is 0. The molecule has 0 N–H and O–H groups in total. The Bertz CT molecular complexity index is 1110. The summed E-state index contributed by atoms with van der Waals surface area (Å²) in [5, 5.41) is -0.839. The molecule has 0 aliphatic heterocycles. The van der Waals surface area contributed by atoms with Gasteiger partial charge < -0.3 is 9.47 Å². The molecule has 0 amide bonds. The monoisotopic (exact) mass is 537 g/mol. The zero-order valence-corrected chi connectivity index (χ0v) is 23.4. The van der Waals surface area contributed by atoms with Crippen molar-refractivity contribution < 1.29 is 26.3 Å². The van der Waals surface area contributed by atoms with E-state index in [1.54, 1.807) is 44.6 Å². The second-order valence-electron chi connectivity index (χ2n) is 9.29. The van der Waals surface area contributed by atoms with Gasteiger partial charge in [0.25, 0.3) is 0 Å². The maximum Gasteiger partial charge on any atom is 0.217 e. The van der Waals surface area contributed by atoms with E-state index in [0.717, 1.165) is 11.1 Å². The molecule has 0 radical (unpaired) electrons. The van der Waals surface area contributed by atoms with Crippen molar-refractivity contribution in [3.63, 3.8) is 0 Å². The lowest BCUT2D eigenvalue weighted by atomic mass is 10.2. The van der Waals surface area contributed by atoms with Crippen LogP contribution in [0.1, 0.15) is 44.2 Å². The van der Waals surface area contributed by atoms with Gasteiger partial charge in [-0.15, -0.1) is 6.58 Å². The van der Waals surface area contributed by atoms with Gasteiger partial charge in [-0.1, -0.05) is 44.2 Å². The van der Waals surface area contributed by atoms with Gasteiger partial charge in [-0.3, -0.25) is 0 Å². The van der Waals surface area contributed by atoms with Gasteiger partial charge in [0.15, 0.2) is 9.84 Å². The fourth-order valence-corrected chi connectivity index (χ4v) is 7.87. The maximum absolute atomic E-state index is 14.0. The first-order chi connectivity index (χ1) is 17.0. The number of nitrogens with zero attached hydrogens (tertiary/aromatic N) is 1. The van der Waals surface area contributed by atoms with Gasteiger partial charge >= 0.3 is 0 Å². The third kappa shape index (κ3) is 9.26. The molecule has 0 saturated heterocycles. The van der Waals surface area contributed by atoms with Crippen LogP contribution in [-0.4, -0.2) is 52.1 Å². The first-order valence-electron chi connectivity index (χ1n) is 12.1. The van der Waals surface area contributed by atoms with Crippen LogP contribution in [0.2, 0.25) is 0 Å². The van der Waals surface area contributed by atoms with Gasteiger partial charge in [0.2, 0.25) is 10.0 Å². The molecule has 0 fully saturated rings. The molecule has 0 saturated carbocycles. The maximum atomic E-state index is 14.0. The van der Waals surface area contributed by atoms with E-state index in [9.17, 15) is 16.8 Å². The Hall–Kier alpha value is -2.36. The molecule has 7 nitrogen and oxygen atoms in total. The van der Waals surface area contributed by atoms with Crippen molar-refractivity contribution in [2.75, 3.05) is 25.7 Å². The Balaban J connectivity index is 2.38. The Kier molecular flexibility index (Phi) is 11.5. The molecule has 0 unspecified atom stereocenters. The number of ether oxygens (including phenoxy) is 2. The summed E-state index contributed by atoms with van der Waals surface area (Å²) < 4.78 is 65.0. The van der Waals surface area contributed by atoms with Crippen LogP contribution in [0.5, 0.6) is 11.5 Å². The number of rotatable bonds is 16. The van der Waals surface area contributed by atoms with Crippen LogP contribution in [0, 0.1) is 5.92 Å². The zero-order chi connectivity index (χ0) is 26.8. The van der Waals surface area contributed by atoms with Crippen LogP contribution in [-0.2, 0) is 33.0 Å². The van der Waals surface area contributed by atoms with Crippen LogP contribution in [0.15, 0.2) is 61.2 Å². The topological polar surface area (TPSA) is 90.0 Å². The molecule has 200 valence electrons. The summed E-state index contributed by atoms with van der Waals surface area (Å²) in [5.74, 6) is 1.23. The van der Waals surface area contributed by atoms with Crippen molar-refractivity contribution in [2.24, 2.45) is 5.92 Å². The van der Waals surface area contributed by atoms with Gasteiger partial charge in [0.1, 0.15) is 11.5 Å². The largest absolute Gasteiger partial charge is 0.497 e. The van der Waals surface area contributed by atoms with Gasteiger partial charge in [-0.25, -0.2) is 16.8 Å². The summed E-state index contributed by atoms with van der Waals surface area (Å²) in [6.07, 6.45) is 2.51. The van der Waals surface area contributed by atoms with Crippen molar-refractivity contribution in [2.45, 2.75) is 51.4 Å². The molecule has 0 spiro atoms. The molecule has 0 aromatic heterocycles. The van der Waals surface area contributed by atoms with Gasteiger partial charge in [-0.05, 0) is 60.6 Å². The van der Waals surface area contributed by atoms with Crippen molar-refractivity contribution in [1.82, 2.24) is 4.31 Å². The third-order valence-corrected chi connectivity index (χ3v) is 10.2. The van der Waals surface area contributed by atoms with Crippen LogP contribution in [0.4, 0.5) is 0 Å². The summed E-state index contributed by atoms with van der Waals surface area (Å²) in [7, 11) is -4.06. The zero-order valence-electron chi connectivity index (χ0n) is 21.7. The lowest BCUT2D eigenvalue weighted by Crippen LogP contribution is -2.39. The number of allylic oxidation sites excluding steroid dienone is 1. The molecule has 2 rings (SSSR count). The molecule has 2 aromatic rings. The van der Waals surface area contributed by atoms with Crippen molar-refractivity contribution in [1.29, 1.82) is 0 Å². The Morgan fingerprint density at radius 2 is 1.31 bits per heavy atom. The molecular weight excluding hydrogens is 498 g/mol. The average Bonchev–Trinajstić information content (AvgIpc) is 2.83. The second kappa shape index (κ2) is 13.8. The van der Waals surface area contributed by atoms with E-state index >= 15 is 0 Å². The SMILES string of the molecule is C=CCC[C@@H](CCS(=O)(=O)CC(C)C)S(=O)(=O)N(Cc1ccc(OC)cc1)Cc1ccc(OC)cc1. The Morgan fingerprint density at radius 1 is 0.833 bits per heavy atom. The lowest BCUT2D eigenvalue weighted by molar-refractivity contribution is 0.388. The van der Waals surface area contributed by atoms with Gasteiger partial charge in [0.05, 0.1) is 31.0 Å². The summed E-state index contributed by atoms with van der Waals surface area (Å²) in [4.78, 5) is 0.